The van der Waals surface area contributed by atoms with Crippen LogP contribution in [0.2, 0.25) is 5.02 Å². The van der Waals surface area contributed by atoms with Crippen molar-refractivity contribution < 1.29 is 9.32 Å². The third kappa shape index (κ3) is 3.57. The molecule has 1 amide bonds. The van der Waals surface area contributed by atoms with E-state index in [4.69, 9.17) is 16.1 Å². The molecule has 0 spiro atoms. The molecule has 0 saturated heterocycles. The molecular weight excluding hydrogens is 364 g/mol. The first-order valence-corrected chi connectivity index (χ1v) is 8.92. The number of fused-ring (bicyclic) bond motifs is 1. The van der Waals surface area contributed by atoms with Gasteiger partial charge in [0.25, 0.3) is 5.91 Å². The molecule has 2 aromatic heterocycles. The van der Waals surface area contributed by atoms with Crippen LogP contribution in [0.25, 0.3) is 22.4 Å². The number of carbonyl (C=O) groups excluding carboxylic acids is 1. The van der Waals surface area contributed by atoms with Crippen molar-refractivity contribution in [1.82, 2.24) is 20.0 Å². The fourth-order valence-corrected chi connectivity index (χ4v) is 3.20. The zero-order valence-corrected chi connectivity index (χ0v) is 15.4. The van der Waals surface area contributed by atoms with Crippen LogP contribution in [-0.4, -0.2) is 27.2 Å². The number of hydrogen-bond acceptors (Lipinski definition) is 4. The molecule has 0 saturated carbocycles. The Balaban J connectivity index is 1.42. The largest absolute Gasteiger partial charge is 0.355 e. The van der Waals surface area contributed by atoms with Crippen LogP contribution in [0.15, 0.2) is 59.1 Å². The monoisotopic (exact) mass is 380 g/mol. The van der Waals surface area contributed by atoms with Crippen LogP contribution < -0.4 is 5.32 Å². The average Bonchev–Trinajstić information content (AvgIpc) is 3.27. The van der Waals surface area contributed by atoms with Crippen molar-refractivity contribution in [3.63, 3.8) is 0 Å². The Hall–Kier alpha value is -3.12. The van der Waals surface area contributed by atoms with Crippen LogP contribution in [0.4, 0.5) is 0 Å². The van der Waals surface area contributed by atoms with Crippen molar-refractivity contribution in [1.29, 1.82) is 0 Å². The maximum Gasteiger partial charge on any atom is 0.273 e. The lowest BCUT2D eigenvalue weighted by atomic mass is 10.1. The first-order chi connectivity index (χ1) is 13.1. The van der Waals surface area contributed by atoms with Gasteiger partial charge >= 0.3 is 0 Å². The van der Waals surface area contributed by atoms with E-state index in [2.05, 4.69) is 20.0 Å². The van der Waals surface area contributed by atoms with Gasteiger partial charge in [-0.15, -0.1) is 0 Å². The van der Waals surface area contributed by atoms with E-state index in [1.165, 1.54) is 0 Å². The molecule has 0 atom stereocenters. The number of halogens is 1. The number of benzene rings is 2. The highest BCUT2D eigenvalue weighted by molar-refractivity contribution is 6.30. The van der Waals surface area contributed by atoms with Crippen molar-refractivity contribution in [2.75, 3.05) is 6.54 Å². The molecule has 0 radical (unpaired) electrons. The summed E-state index contributed by atoms with van der Waals surface area (Å²) in [5.41, 5.74) is 3.00. The summed E-state index contributed by atoms with van der Waals surface area (Å²) < 4.78 is 7.35. The predicted octanol–water partition coefficient (Wildman–Crippen LogP) is 4.08. The van der Waals surface area contributed by atoms with E-state index in [1.54, 1.807) is 18.2 Å². The molecule has 136 valence electrons. The molecule has 0 aliphatic heterocycles. The van der Waals surface area contributed by atoms with Crippen molar-refractivity contribution in [3.05, 3.63) is 71.1 Å². The number of hydrogen-bond donors (Lipinski definition) is 1. The molecule has 0 fully saturated rings. The van der Waals surface area contributed by atoms with Crippen LogP contribution in [0.1, 0.15) is 16.3 Å². The number of para-hydroxylation sites is 2. The number of aryl methyl sites for hydroxylation is 1. The molecule has 0 aliphatic carbocycles. The normalized spacial score (nSPS) is 11.0. The zero-order valence-electron chi connectivity index (χ0n) is 14.6. The number of aromatic nitrogens is 3. The van der Waals surface area contributed by atoms with Gasteiger partial charge in [0.2, 0.25) is 0 Å². The molecule has 0 aliphatic rings. The second-order valence-electron chi connectivity index (χ2n) is 6.14. The van der Waals surface area contributed by atoms with Crippen molar-refractivity contribution in [2.24, 2.45) is 0 Å². The smallest absolute Gasteiger partial charge is 0.273 e. The standard InChI is InChI=1S/C20H17ClN4O2/c1-13-23-16-7-2-3-8-18(16)25(13)10-9-22-20(26)17-12-19(27-24-17)14-5-4-6-15(21)11-14/h2-8,11-12H,9-10H2,1H3,(H,22,26). The summed E-state index contributed by atoms with van der Waals surface area (Å²) in [6.07, 6.45) is 0. The molecule has 2 aromatic carbocycles. The van der Waals surface area contributed by atoms with Crippen molar-refractivity contribution in [2.45, 2.75) is 13.5 Å². The van der Waals surface area contributed by atoms with Gasteiger partial charge in [-0.1, -0.05) is 41.0 Å². The molecule has 4 aromatic rings. The van der Waals surface area contributed by atoms with Gasteiger partial charge < -0.3 is 14.4 Å². The number of nitrogens with zero attached hydrogens (tertiary/aromatic N) is 3. The minimum atomic E-state index is -0.283. The number of amides is 1. The van der Waals surface area contributed by atoms with E-state index in [1.807, 2.05) is 43.3 Å². The number of nitrogens with one attached hydrogen (secondary N) is 1. The van der Waals surface area contributed by atoms with Crippen LogP contribution in [-0.2, 0) is 6.54 Å². The summed E-state index contributed by atoms with van der Waals surface area (Å²) in [6, 6.07) is 16.7. The summed E-state index contributed by atoms with van der Waals surface area (Å²) in [5.74, 6) is 1.13. The second-order valence-corrected chi connectivity index (χ2v) is 6.58. The summed E-state index contributed by atoms with van der Waals surface area (Å²) in [4.78, 5) is 16.9. The van der Waals surface area contributed by atoms with Gasteiger partial charge in [0.15, 0.2) is 11.5 Å². The lowest BCUT2D eigenvalue weighted by Crippen LogP contribution is -2.27. The summed E-state index contributed by atoms with van der Waals surface area (Å²) in [7, 11) is 0. The first kappa shape index (κ1) is 17.3. The molecule has 0 bridgehead atoms. The van der Waals surface area contributed by atoms with Crippen LogP contribution in [0.5, 0.6) is 0 Å². The van der Waals surface area contributed by atoms with E-state index in [9.17, 15) is 4.79 Å². The lowest BCUT2D eigenvalue weighted by Gasteiger charge is -2.07. The zero-order chi connectivity index (χ0) is 18.8. The van der Waals surface area contributed by atoms with Gasteiger partial charge in [-0.25, -0.2) is 4.98 Å². The summed E-state index contributed by atoms with van der Waals surface area (Å²) in [6.45, 7) is 3.03. The van der Waals surface area contributed by atoms with Crippen LogP contribution in [0.3, 0.4) is 0 Å². The Morgan fingerprint density at radius 1 is 1.19 bits per heavy atom. The van der Waals surface area contributed by atoms with E-state index < -0.39 is 0 Å². The highest BCUT2D eigenvalue weighted by atomic mass is 35.5. The Labute approximate surface area is 160 Å². The van der Waals surface area contributed by atoms with Gasteiger partial charge in [-0.3, -0.25) is 4.79 Å². The first-order valence-electron chi connectivity index (χ1n) is 8.54. The quantitative estimate of drug-likeness (QED) is 0.566. The fourth-order valence-electron chi connectivity index (χ4n) is 3.01. The number of carbonyl (C=O) groups is 1. The van der Waals surface area contributed by atoms with E-state index >= 15 is 0 Å². The Kier molecular flexibility index (Phi) is 4.64. The van der Waals surface area contributed by atoms with E-state index in [0.29, 0.717) is 23.9 Å². The van der Waals surface area contributed by atoms with Crippen LogP contribution in [0, 0.1) is 6.92 Å². The second kappa shape index (κ2) is 7.25. The van der Waals surface area contributed by atoms with E-state index in [-0.39, 0.29) is 11.6 Å². The Morgan fingerprint density at radius 3 is 2.89 bits per heavy atom. The Bertz CT molecular complexity index is 1120. The topological polar surface area (TPSA) is 73.0 Å². The molecular formula is C20H17ClN4O2. The Morgan fingerprint density at radius 2 is 2.04 bits per heavy atom. The third-order valence-electron chi connectivity index (χ3n) is 4.32. The number of imidazole rings is 1. The molecule has 0 unspecified atom stereocenters. The lowest BCUT2D eigenvalue weighted by molar-refractivity contribution is 0.0943. The van der Waals surface area contributed by atoms with Crippen molar-refractivity contribution in [3.8, 4) is 11.3 Å². The van der Waals surface area contributed by atoms with Crippen LogP contribution >= 0.6 is 11.6 Å². The molecule has 2 heterocycles. The fraction of sp³-hybridized carbons (Fsp3) is 0.150. The van der Waals surface area contributed by atoms with E-state index in [0.717, 1.165) is 22.4 Å². The maximum atomic E-state index is 12.3. The van der Waals surface area contributed by atoms with Gasteiger partial charge in [-0.2, -0.15) is 0 Å². The van der Waals surface area contributed by atoms with Gasteiger partial charge in [0.05, 0.1) is 11.0 Å². The highest BCUT2D eigenvalue weighted by Gasteiger charge is 2.14. The molecule has 7 heteroatoms. The molecule has 4 rings (SSSR count). The van der Waals surface area contributed by atoms with Gasteiger partial charge in [0, 0.05) is 29.7 Å². The third-order valence-corrected chi connectivity index (χ3v) is 4.55. The SMILES string of the molecule is Cc1nc2ccccc2n1CCNC(=O)c1cc(-c2cccc(Cl)c2)on1. The van der Waals surface area contributed by atoms with Gasteiger partial charge in [-0.05, 0) is 31.2 Å². The highest BCUT2D eigenvalue weighted by Crippen LogP contribution is 2.23. The van der Waals surface area contributed by atoms with Gasteiger partial charge in [0.1, 0.15) is 5.82 Å². The molecule has 27 heavy (non-hydrogen) atoms. The minimum Gasteiger partial charge on any atom is -0.355 e. The minimum absolute atomic E-state index is 0.234. The molecule has 6 nitrogen and oxygen atoms in total. The summed E-state index contributed by atoms with van der Waals surface area (Å²) in [5, 5.41) is 7.32. The number of rotatable bonds is 5. The van der Waals surface area contributed by atoms with Crippen molar-refractivity contribution >= 4 is 28.5 Å². The predicted molar refractivity (Wildman–Crippen MR) is 104 cm³/mol. The summed E-state index contributed by atoms with van der Waals surface area (Å²) >= 11 is 5.99. The average molecular weight is 381 g/mol. The maximum absolute atomic E-state index is 12.3. The molecule has 1 N–H and O–H groups in total.